The van der Waals surface area contributed by atoms with Gasteiger partial charge in [0.2, 0.25) is 0 Å². The summed E-state index contributed by atoms with van der Waals surface area (Å²) in [7, 11) is 0. The third kappa shape index (κ3) is 8.35. The van der Waals surface area contributed by atoms with E-state index in [4.69, 9.17) is 0 Å². The summed E-state index contributed by atoms with van der Waals surface area (Å²) in [4.78, 5) is 4.47. The van der Waals surface area contributed by atoms with Crippen LogP contribution in [0.5, 0.6) is 0 Å². The van der Waals surface area contributed by atoms with Crippen molar-refractivity contribution in [3.63, 3.8) is 0 Å². The van der Waals surface area contributed by atoms with Gasteiger partial charge in [-0.2, -0.15) is 0 Å². The summed E-state index contributed by atoms with van der Waals surface area (Å²) >= 11 is 0. The van der Waals surface area contributed by atoms with Crippen LogP contribution >= 0.6 is 24.0 Å². The first kappa shape index (κ1) is 19.1. The largest absolute Gasteiger partial charge is 0.357 e. The molecular formula is C15H25FIN3. The number of aliphatic imine (C=N–C) groups is 1. The number of guanidine groups is 1. The van der Waals surface area contributed by atoms with Crippen molar-refractivity contribution in [2.45, 2.75) is 33.1 Å². The van der Waals surface area contributed by atoms with Crippen molar-refractivity contribution in [2.24, 2.45) is 4.99 Å². The predicted molar refractivity (Wildman–Crippen MR) is 94.4 cm³/mol. The van der Waals surface area contributed by atoms with Gasteiger partial charge in [-0.25, -0.2) is 4.39 Å². The van der Waals surface area contributed by atoms with Gasteiger partial charge >= 0.3 is 0 Å². The molecule has 0 atom stereocenters. The highest BCUT2D eigenvalue weighted by atomic mass is 127. The number of hydrogen-bond donors (Lipinski definition) is 2. The molecule has 0 spiro atoms. The van der Waals surface area contributed by atoms with Crippen LogP contribution in [0.3, 0.4) is 0 Å². The van der Waals surface area contributed by atoms with Crippen molar-refractivity contribution in [3.8, 4) is 0 Å². The first-order chi connectivity index (χ1) is 9.26. The van der Waals surface area contributed by atoms with Crippen LogP contribution in [0.4, 0.5) is 4.39 Å². The Morgan fingerprint density at radius 2 is 2.05 bits per heavy atom. The average molecular weight is 393 g/mol. The van der Waals surface area contributed by atoms with E-state index >= 15 is 0 Å². The summed E-state index contributed by atoms with van der Waals surface area (Å²) in [5.74, 6) is 0.661. The van der Waals surface area contributed by atoms with E-state index in [1.165, 1.54) is 6.07 Å². The predicted octanol–water partition coefficient (Wildman–Crippen LogP) is 3.34. The van der Waals surface area contributed by atoms with Crippen molar-refractivity contribution >= 4 is 29.9 Å². The molecule has 0 aliphatic heterocycles. The average Bonchev–Trinajstić information content (AvgIpc) is 2.39. The summed E-state index contributed by atoms with van der Waals surface area (Å²) in [6.45, 7) is 6.63. The zero-order chi connectivity index (χ0) is 13.9. The van der Waals surface area contributed by atoms with Crippen molar-refractivity contribution in [1.29, 1.82) is 0 Å². The quantitative estimate of drug-likeness (QED) is 0.323. The Bertz CT molecular complexity index is 396. The van der Waals surface area contributed by atoms with E-state index in [1.807, 2.05) is 13.0 Å². The number of nitrogens with zero attached hydrogens (tertiary/aromatic N) is 1. The molecule has 0 aromatic heterocycles. The lowest BCUT2D eigenvalue weighted by molar-refractivity contribution is 0.625. The highest BCUT2D eigenvalue weighted by Crippen LogP contribution is 2.03. The SMILES string of the molecule is CCCCN=C(NCC)NCCc1cccc(F)c1.I. The number of halogens is 2. The third-order valence-corrected chi connectivity index (χ3v) is 2.72. The fourth-order valence-corrected chi connectivity index (χ4v) is 1.71. The molecule has 0 aliphatic carbocycles. The number of hydrogen-bond acceptors (Lipinski definition) is 1. The Morgan fingerprint density at radius 1 is 1.25 bits per heavy atom. The molecule has 0 saturated heterocycles. The van der Waals surface area contributed by atoms with E-state index in [0.29, 0.717) is 0 Å². The summed E-state index contributed by atoms with van der Waals surface area (Å²) in [5.41, 5.74) is 0.997. The van der Waals surface area contributed by atoms with Crippen molar-refractivity contribution in [2.75, 3.05) is 19.6 Å². The zero-order valence-corrected chi connectivity index (χ0v) is 14.6. The number of nitrogens with one attached hydrogen (secondary N) is 2. The second-order valence-electron chi connectivity index (χ2n) is 4.42. The molecular weight excluding hydrogens is 368 g/mol. The highest BCUT2D eigenvalue weighted by Gasteiger charge is 1.98. The molecule has 0 radical (unpaired) electrons. The lowest BCUT2D eigenvalue weighted by Gasteiger charge is -2.11. The molecule has 1 aromatic rings. The molecule has 0 heterocycles. The van der Waals surface area contributed by atoms with Crippen molar-refractivity contribution < 1.29 is 4.39 Å². The van der Waals surface area contributed by atoms with Gasteiger partial charge in [0, 0.05) is 19.6 Å². The molecule has 2 N–H and O–H groups in total. The fourth-order valence-electron chi connectivity index (χ4n) is 1.71. The minimum Gasteiger partial charge on any atom is -0.357 e. The Kier molecular flexibility index (Phi) is 11.4. The molecule has 20 heavy (non-hydrogen) atoms. The Balaban J connectivity index is 0.00000361. The Labute approximate surface area is 138 Å². The molecule has 3 nitrogen and oxygen atoms in total. The molecule has 1 aromatic carbocycles. The minimum atomic E-state index is -0.180. The van der Waals surface area contributed by atoms with Gasteiger partial charge in [0.05, 0.1) is 0 Å². The molecule has 114 valence electrons. The first-order valence-electron chi connectivity index (χ1n) is 7.03. The van der Waals surface area contributed by atoms with E-state index in [-0.39, 0.29) is 29.8 Å². The second-order valence-corrected chi connectivity index (χ2v) is 4.42. The zero-order valence-electron chi connectivity index (χ0n) is 12.3. The topological polar surface area (TPSA) is 36.4 Å². The summed E-state index contributed by atoms with van der Waals surface area (Å²) < 4.78 is 13.0. The van der Waals surface area contributed by atoms with Crippen LogP contribution in [0, 0.1) is 5.82 Å². The van der Waals surface area contributed by atoms with Gasteiger partial charge in [0.25, 0.3) is 0 Å². The normalized spacial score (nSPS) is 10.8. The van der Waals surface area contributed by atoms with Crippen LogP contribution in [0.15, 0.2) is 29.3 Å². The molecule has 0 unspecified atom stereocenters. The van der Waals surface area contributed by atoms with E-state index < -0.39 is 0 Å². The lowest BCUT2D eigenvalue weighted by Crippen LogP contribution is -2.38. The van der Waals surface area contributed by atoms with Crippen molar-refractivity contribution in [3.05, 3.63) is 35.6 Å². The molecule has 0 saturated carbocycles. The van der Waals surface area contributed by atoms with E-state index in [0.717, 1.165) is 50.4 Å². The van der Waals surface area contributed by atoms with E-state index in [9.17, 15) is 4.39 Å². The van der Waals surface area contributed by atoms with Crippen LogP contribution in [0.1, 0.15) is 32.3 Å². The van der Waals surface area contributed by atoms with E-state index in [2.05, 4.69) is 22.5 Å². The maximum Gasteiger partial charge on any atom is 0.191 e. The van der Waals surface area contributed by atoms with Gasteiger partial charge in [0.15, 0.2) is 5.96 Å². The van der Waals surface area contributed by atoms with Crippen LogP contribution < -0.4 is 10.6 Å². The molecule has 0 aliphatic rings. The molecule has 5 heteroatoms. The van der Waals surface area contributed by atoms with Gasteiger partial charge < -0.3 is 10.6 Å². The van der Waals surface area contributed by atoms with Crippen LogP contribution in [-0.2, 0) is 6.42 Å². The molecule has 1 rings (SSSR count). The first-order valence-corrected chi connectivity index (χ1v) is 7.03. The summed E-state index contributed by atoms with van der Waals surface area (Å²) in [6.07, 6.45) is 3.03. The number of benzene rings is 1. The van der Waals surface area contributed by atoms with Gasteiger partial charge in [0.1, 0.15) is 5.82 Å². The van der Waals surface area contributed by atoms with Crippen LogP contribution in [0.2, 0.25) is 0 Å². The number of unbranched alkanes of at least 4 members (excludes halogenated alkanes) is 1. The lowest BCUT2D eigenvalue weighted by atomic mass is 10.1. The smallest absolute Gasteiger partial charge is 0.191 e. The van der Waals surface area contributed by atoms with Gasteiger partial charge in [-0.15, -0.1) is 24.0 Å². The summed E-state index contributed by atoms with van der Waals surface area (Å²) in [5, 5.41) is 6.47. The van der Waals surface area contributed by atoms with Crippen molar-refractivity contribution in [1.82, 2.24) is 10.6 Å². The fraction of sp³-hybridized carbons (Fsp3) is 0.533. The Hall–Kier alpha value is -0.850. The summed E-state index contributed by atoms with van der Waals surface area (Å²) in [6, 6.07) is 6.72. The van der Waals surface area contributed by atoms with Crippen LogP contribution in [0.25, 0.3) is 0 Å². The highest BCUT2D eigenvalue weighted by molar-refractivity contribution is 14.0. The molecule has 0 fully saturated rings. The van der Waals surface area contributed by atoms with Gasteiger partial charge in [-0.05, 0) is 37.5 Å². The van der Waals surface area contributed by atoms with Gasteiger partial charge in [-0.3, -0.25) is 4.99 Å². The van der Waals surface area contributed by atoms with Gasteiger partial charge in [-0.1, -0.05) is 25.5 Å². The molecule has 0 amide bonds. The molecule has 0 bridgehead atoms. The monoisotopic (exact) mass is 393 g/mol. The Morgan fingerprint density at radius 3 is 2.70 bits per heavy atom. The maximum atomic E-state index is 13.0. The third-order valence-electron chi connectivity index (χ3n) is 2.72. The maximum absolute atomic E-state index is 13.0. The second kappa shape index (κ2) is 11.9. The van der Waals surface area contributed by atoms with E-state index in [1.54, 1.807) is 12.1 Å². The minimum absolute atomic E-state index is 0. The van der Waals surface area contributed by atoms with Crippen LogP contribution in [-0.4, -0.2) is 25.6 Å². The standard InChI is InChI=1S/C15H24FN3.HI/c1-3-5-10-18-15(17-4-2)19-11-9-13-7-6-8-14(16)12-13;/h6-8,12H,3-5,9-11H2,1-2H3,(H2,17,18,19);1H. The number of rotatable bonds is 7.